The predicted octanol–water partition coefficient (Wildman–Crippen LogP) is 3.51. The third-order valence-electron chi connectivity index (χ3n) is 5.59. The average Bonchev–Trinajstić information content (AvgIpc) is 2.72. The van der Waals surface area contributed by atoms with Crippen molar-refractivity contribution in [2.24, 2.45) is 7.05 Å². The lowest BCUT2D eigenvalue weighted by atomic mass is 9.93. The molecule has 0 bridgehead atoms. The lowest BCUT2D eigenvalue weighted by molar-refractivity contribution is 0.126. The Kier molecular flexibility index (Phi) is 6.76. The molecule has 1 fully saturated rings. The molecule has 2 heterocycles. The Hall–Kier alpha value is -2.78. The average molecular weight is 452 g/mol. The summed E-state index contributed by atoms with van der Waals surface area (Å²) in [6.07, 6.45) is 4.49. The molecule has 1 aliphatic carbocycles. The molecule has 0 atom stereocenters. The van der Waals surface area contributed by atoms with E-state index >= 15 is 0 Å². The molecular weight excluding hydrogens is 428 g/mol. The number of nitrogens with zero attached hydrogens (tertiary/aromatic N) is 4. The topological polar surface area (TPSA) is 83.3 Å². The minimum absolute atomic E-state index is 0. The number of aliphatic hydroxyl groups is 1. The van der Waals surface area contributed by atoms with Crippen LogP contribution in [0.4, 0.5) is 26.1 Å². The molecule has 4 rings (SSSR count). The molecule has 7 nitrogen and oxygen atoms in total. The van der Waals surface area contributed by atoms with E-state index in [0.29, 0.717) is 17.0 Å². The second-order valence-electron chi connectivity index (χ2n) is 7.67. The van der Waals surface area contributed by atoms with Gasteiger partial charge >= 0.3 is 0 Å². The van der Waals surface area contributed by atoms with Crippen molar-refractivity contribution in [3.8, 4) is 0 Å². The maximum Gasteiger partial charge on any atom is 0.275 e. The second-order valence-corrected chi connectivity index (χ2v) is 7.67. The van der Waals surface area contributed by atoms with Gasteiger partial charge in [-0.05, 0) is 43.9 Å². The zero-order valence-electron chi connectivity index (χ0n) is 17.2. The summed E-state index contributed by atoms with van der Waals surface area (Å²) in [6, 6.07) is 4.99. The van der Waals surface area contributed by atoms with Crippen LogP contribution in [0.15, 0.2) is 35.3 Å². The first-order valence-electron chi connectivity index (χ1n) is 9.83. The molecule has 31 heavy (non-hydrogen) atoms. The van der Waals surface area contributed by atoms with Crippen LogP contribution in [0.2, 0.25) is 0 Å². The van der Waals surface area contributed by atoms with Crippen LogP contribution in [0.1, 0.15) is 25.7 Å². The number of aryl methyl sites for hydroxylation is 1. The van der Waals surface area contributed by atoms with Crippen molar-refractivity contribution in [1.29, 1.82) is 0 Å². The molecule has 0 spiro atoms. The van der Waals surface area contributed by atoms with Crippen LogP contribution in [-0.4, -0.2) is 38.8 Å². The van der Waals surface area contributed by atoms with Crippen molar-refractivity contribution in [2.75, 3.05) is 17.3 Å². The third-order valence-corrected chi connectivity index (χ3v) is 5.59. The van der Waals surface area contributed by atoms with Gasteiger partial charge in [0, 0.05) is 37.8 Å². The highest BCUT2D eigenvalue weighted by molar-refractivity contribution is 5.85. The molecule has 3 aromatic rings. The monoisotopic (exact) mass is 451 g/mol. The maximum absolute atomic E-state index is 14.2. The van der Waals surface area contributed by atoms with Crippen molar-refractivity contribution in [2.45, 2.75) is 37.8 Å². The van der Waals surface area contributed by atoms with Gasteiger partial charge in [0.25, 0.3) is 5.56 Å². The van der Waals surface area contributed by atoms with E-state index in [-0.39, 0.29) is 41.5 Å². The number of benzene rings is 1. The molecule has 0 saturated heterocycles. The first-order chi connectivity index (χ1) is 14.3. The van der Waals surface area contributed by atoms with Gasteiger partial charge in [0.05, 0.1) is 11.8 Å². The number of hydrogen-bond acceptors (Lipinski definition) is 6. The quantitative estimate of drug-likeness (QED) is 0.631. The van der Waals surface area contributed by atoms with Crippen LogP contribution < -0.4 is 15.8 Å². The SMILES string of the molecule is CN(c1ccc(F)cc1F)c1cc2cnc(NC3CCC(O)CC3)nc2n(C)c1=O.Cl. The molecule has 2 aromatic heterocycles. The van der Waals surface area contributed by atoms with E-state index in [1.54, 1.807) is 26.4 Å². The van der Waals surface area contributed by atoms with Crippen LogP contribution in [-0.2, 0) is 7.05 Å². The van der Waals surface area contributed by atoms with E-state index in [2.05, 4.69) is 15.3 Å². The fourth-order valence-electron chi connectivity index (χ4n) is 3.83. The number of halogens is 3. The van der Waals surface area contributed by atoms with E-state index in [1.807, 2.05) is 0 Å². The van der Waals surface area contributed by atoms with Crippen LogP contribution in [0.5, 0.6) is 0 Å². The van der Waals surface area contributed by atoms with E-state index in [4.69, 9.17) is 0 Å². The van der Waals surface area contributed by atoms with Gasteiger partial charge in [-0.3, -0.25) is 9.36 Å². The van der Waals surface area contributed by atoms with Gasteiger partial charge in [-0.1, -0.05) is 0 Å². The number of fused-ring (bicyclic) bond motifs is 1. The number of aromatic nitrogens is 3. The van der Waals surface area contributed by atoms with Gasteiger partial charge in [0.15, 0.2) is 0 Å². The highest BCUT2D eigenvalue weighted by atomic mass is 35.5. The summed E-state index contributed by atoms with van der Waals surface area (Å²) in [6.45, 7) is 0. The zero-order chi connectivity index (χ0) is 21.4. The van der Waals surface area contributed by atoms with Crippen LogP contribution in [0.3, 0.4) is 0 Å². The number of aliphatic hydroxyl groups excluding tert-OH is 1. The standard InChI is InChI=1S/C21H23F2N5O2.ClH/c1-27(17-8-3-13(22)10-16(17)23)18-9-12-11-24-21(26-19(12)28(2)20(18)30)25-14-4-6-15(29)7-5-14;/h3,8-11,14-15,29H,4-7H2,1-2H3,(H,24,25,26);1H. The predicted molar refractivity (Wildman–Crippen MR) is 118 cm³/mol. The van der Waals surface area contributed by atoms with Crippen molar-refractivity contribution < 1.29 is 13.9 Å². The van der Waals surface area contributed by atoms with Crippen molar-refractivity contribution >= 4 is 40.8 Å². The molecular formula is C21H24ClF2N5O2. The second kappa shape index (κ2) is 9.15. The normalized spacial score (nSPS) is 18.5. The van der Waals surface area contributed by atoms with Gasteiger partial charge in [-0.25, -0.2) is 13.8 Å². The van der Waals surface area contributed by atoms with Crippen LogP contribution >= 0.6 is 12.4 Å². The highest BCUT2D eigenvalue weighted by Crippen LogP contribution is 2.27. The number of pyridine rings is 1. The Balaban J connectivity index is 0.00000272. The van der Waals surface area contributed by atoms with Crippen molar-refractivity contribution in [3.05, 3.63) is 52.5 Å². The Morgan fingerprint density at radius 2 is 1.87 bits per heavy atom. The number of rotatable bonds is 4. The Morgan fingerprint density at radius 3 is 2.55 bits per heavy atom. The van der Waals surface area contributed by atoms with E-state index in [1.165, 1.54) is 15.5 Å². The Labute approximate surface area is 184 Å². The number of anilines is 3. The molecule has 166 valence electrons. The smallest absolute Gasteiger partial charge is 0.275 e. The minimum atomic E-state index is -0.756. The van der Waals surface area contributed by atoms with E-state index in [0.717, 1.165) is 37.8 Å². The summed E-state index contributed by atoms with van der Waals surface area (Å²) in [5, 5.41) is 13.5. The van der Waals surface area contributed by atoms with Crippen LogP contribution in [0, 0.1) is 11.6 Å². The number of nitrogens with one attached hydrogen (secondary N) is 1. The molecule has 0 radical (unpaired) electrons. The van der Waals surface area contributed by atoms with E-state index in [9.17, 15) is 18.7 Å². The first kappa shape index (κ1) is 22.9. The summed E-state index contributed by atoms with van der Waals surface area (Å²) in [5.74, 6) is -1.02. The van der Waals surface area contributed by atoms with E-state index < -0.39 is 11.6 Å². The Morgan fingerprint density at radius 1 is 1.16 bits per heavy atom. The molecule has 0 unspecified atom stereocenters. The fraction of sp³-hybridized carbons (Fsp3) is 0.381. The minimum Gasteiger partial charge on any atom is -0.393 e. The summed E-state index contributed by atoms with van der Waals surface area (Å²) >= 11 is 0. The molecule has 2 N–H and O–H groups in total. The van der Waals surface area contributed by atoms with Crippen LogP contribution in [0.25, 0.3) is 11.0 Å². The van der Waals surface area contributed by atoms with Gasteiger partial charge in [0.1, 0.15) is 23.0 Å². The van der Waals surface area contributed by atoms with Gasteiger partial charge in [0.2, 0.25) is 5.95 Å². The van der Waals surface area contributed by atoms with Gasteiger partial charge in [-0.2, -0.15) is 4.98 Å². The Bertz CT molecular complexity index is 1150. The lowest BCUT2D eigenvalue weighted by Gasteiger charge is -2.26. The number of hydrogen-bond donors (Lipinski definition) is 2. The maximum atomic E-state index is 14.2. The van der Waals surface area contributed by atoms with Crippen molar-refractivity contribution in [1.82, 2.24) is 14.5 Å². The summed E-state index contributed by atoms with van der Waals surface area (Å²) in [7, 11) is 3.14. The summed E-state index contributed by atoms with van der Waals surface area (Å²) in [5.41, 5.74) is 0.400. The molecule has 10 heteroatoms. The molecule has 0 amide bonds. The summed E-state index contributed by atoms with van der Waals surface area (Å²) < 4.78 is 28.8. The first-order valence-corrected chi connectivity index (χ1v) is 9.83. The molecule has 1 aliphatic rings. The van der Waals surface area contributed by atoms with Crippen molar-refractivity contribution in [3.63, 3.8) is 0 Å². The zero-order valence-corrected chi connectivity index (χ0v) is 18.0. The fourth-order valence-corrected chi connectivity index (χ4v) is 3.83. The highest BCUT2D eigenvalue weighted by Gasteiger charge is 2.21. The lowest BCUT2D eigenvalue weighted by Crippen LogP contribution is -2.29. The molecule has 0 aliphatic heterocycles. The van der Waals surface area contributed by atoms with Gasteiger partial charge in [-0.15, -0.1) is 12.4 Å². The molecule has 1 saturated carbocycles. The largest absolute Gasteiger partial charge is 0.393 e. The van der Waals surface area contributed by atoms with Gasteiger partial charge < -0.3 is 15.3 Å². The molecule has 1 aromatic carbocycles. The third kappa shape index (κ3) is 4.62. The summed E-state index contributed by atoms with van der Waals surface area (Å²) in [4.78, 5) is 23.2.